The molecule has 0 unspecified atom stereocenters. The second kappa shape index (κ2) is 27.3. The molecule has 22 aromatic rings. The lowest BCUT2D eigenvalue weighted by molar-refractivity contribution is 0.660. The van der Waals surface area contributed by atoms with Gasteiger partial charge in [0, 0.05) is 71.0 Å². The van der Waals surface area contributed by atoms with Crippen LogP contribution in [0, 0.1) is 0 Å². The van der Waals surface area contributed by atoms with E-state index in [9.17, 15) is 0 Å². The van der Waals surface area contributed by atoms with Crippen LogP contribution in [0.4, 0.5) is 0 Å². The highest BCUT2D eigenvalue weighted by Gasteiger charge is 2.35. The molecule has 0 amide bonds. The number of hydrogen-bond donors (Lipinski definition) is 0. The molecule has 0 bridgehead atoms. The van der Waals surface area contributed by atoms with Crippen LogP contribution in [0.15, 0.2) is 421 Å². The van der Waals surface area contributed by atoms with Gasteiger partial charge in [-0.3, -0.25) is 0 Å². The Kier molecular flexibility index (Phi) is 15.9. The molecular formula is C111H74N2O2. The van der Waals surface area contributed by atoms with Crippen molar-refractivity contribution in [3.8, 4) is 123 Å². The molecule has 0 radical (unpaired) electrons. The third kappa shape index (κ3) is 11.5. The van der Waals surface area contributed by atoms with E-state index in [-0.39, 0.29) is 5.41 Å². The van der Waals surface area contributed by atoms with Crippen molar-refractivity contribution < 1.29 is 8.83 Å². The Hall–Kier alpha value is -14.8. The Morgan fingerprint density at radius 1 is 0.183 bits per heavy atom. The van der Waals surface area contributed by atoms with Crippen LogP contribution in [0.25, 0.3) is 210 Å². The molecule has 0 saturated heterocycles. The topological polar surface area (TPSA) is 36.1 Å². The van der Waals surface area contributed by atoms with Crippen molar-refractivity contribution in [3.05, 3.63) is 424 Å². The van der Waals surface area contributed by atoms with Crippen molar-refractivity contribution in [1.29, 1.82) is 0 Å². The van der Waals surface area contributed by atoms with Crippen LogP contribution in [0.2, 0.25) is 0 Å². The van der Waals surface area contributed by atoms with E-state index < -0.39 is 0 Å². The van der Waals surface area contributed by atoms with E-state index in [1.165, 1.54) is 105 Å². The summed E-state index contributed by atoms with van der Waals surface area (Å²) in [6.07, 6.45) is 0. The Bertz CT molecular complexity index is 7590. The number of hydrogen-bond acceptors (Lipinski definition) is 2. The average Bonchev–Trinajstić information content (AvgIpc) is 1.60. The zero-order valence-corrected chi connectivity index (χ0v) is 63.5. The average molecular weight is 1470 g/mol. The number of aromatic nitrogens is 2. The molecule has 4 heterocycles. The Balaban J connectivity index is 0.000000140. The molecule has 23 rings (SSSR count). The van der Waals surface area contributed by atoms with Crippen LogP contribution in [0.3, 0.4) is 0 Å². The van der Waals surface area contributed by atoms with Gasteiger partial charge in [0.2, 0.25) is 0 Å². The first kappa shape index (κ1) is 67.1. The van der Waals surface area contributed by atoms with E-state index >= 15 is 0 Å². The number of rotatable bonds is 11. The summed E-state index contributed by atoms with van der Waals surface area (Å²) < 4.78 is 18.0. The summed E-state index contributed by atoms with van der Waals surface area (Å²) in [4.78, 5) is 0. The van der Waals surface area contributed by atoms with Gasteiger partial charge in [-0.05, 0) is 245 Å². The first-order valence-corrected chi connectivity index (χ1v) is 39.7. The molecule has 0 aliphatic heterocycles. The predicted molar refractivity (Wildman–Crippen MR) is 483 cm³/mol. The van der Waals surface area contributed by atoms with Gasteiger partial charge < -0.3 is 18.0 Å². The minimum absolute atomic E-state index is 0.101. The molecule has 0 atom stereocenters. The smallest absolute Gasteiger partial charge is 0.143 e. The van der Waals surface area contributed by atoms with Gasteiger partial charge in [0.1, 0.15) is 22.3 Å². The zero-order chi connectivity index (χ0) is 76.2. The van der Waals surface area contributed by atoms with Gasteiger partial charge in [-0.2, -0.15) is 0 Å². The Morgan fingerprint density at radius 2 is 0.504 bits per heavy atom. The molecule has 1 aliphatic carbocycles. The minimum atomic E-state index is -0.101. The van der Waals surface area contributed by atoms with E-state index in [2.05, 4.69) is 423 Å². The minimum Gasteiger partial charge on any atom is -0.455 e. The molecule has 0 fully saturated rings. The molecule has 1 aliphatic rings. The highest BCUT2D eigenvalue weighted by Crippen LogP contribution is 2.51. The van der Waals surface area contributed by atoms with E-state index in [0.717, 1.165) is 116 Å². The monoisotopic (exact) mass is 1470 g/mol. The second-order valence-electron chi connectivity index (χ2n) is 31.0. The second-order valence-corrected chi connectivity index (χ2v) is 31.0. The lowest BCUT2D eigenvalue weighted by Gasteiger charge is -2.22. The van der Waals surface area contributed by atoms with Gasteiger partial charge in [0.25, 0.3) is 0 Å². The van der Waals surface area contributed by atoms with Crippen LogP contribution in [-0.4, -0.2) is 9.13 Å². The first-order valence-electron chi connectivity index (χ1n) is 39.7. The summed E-state index contributed by atoms with van der Waals surface area (Å²) in [7, 11) is 0. The third-order valence-electron chi connectivity index (χ3n) is 23.9. The SMILES string of the molecule is CC1(C)c2ccccc2-c2ccc(-c3cc(-c4cc(-c5ccccc5)c5oc6ccccc6c5c4)cc(-c4ccc5c6ccccc6n(-c6ccccc6)c5c4)c3)cc21.c1ccc(-c2cccc(-c3cc(-c4cc(-c5ccccc5)c5oc6ccccc6c5c4)cc(-c4ccc5c6ccccc6n(-c6ccccc6)c5c4)c3)c2)cc1. The fraction of sp³-hybridized carbons (Fsp3) is 0.0270. The van der Waals surface area contributed by atoms with Crippen LogP contribution >= 0.6 is 0 Å². The van der Waals surface area contributed by atoms with E-state index in [1.54, 1.807) is 0 Å². The quantitative estimate of drug-likeness (QED) is 0.129. The summed E-state index contributed by atoms with van der Waals surface area (Å²) >= 11 is 0. The van der Waals surface area contributed by atoms with E-state index in [4.69, 9.17) is 8.83 Å². The van der Waals surface area contributed by atoms with Crippen molar-refractivity contribution in [2.45, 2.75) is 19.3 Å². The third-order valence-corrected chi connectivity index (χ3v) is 23.9. The molecule has 4 nitrogen and oxygen atoms in total. The maximum Gasteiger partial charge on any atom is 0.143 e. The first-order chi connectivity index (χ1) is 56.7. The summed E-state index contributed by atoms with van der Waals surface area (Å²) in [5.74, 6) is 0. The largest absolute Gasteiger partial charge is 0.455 e. The van der Waals surface area contributed by atoms with Gasteiger partial charge in [-0.15, -0.1) is 0 Å². The normalized spacial score (nSPS) is 12.3. The number of nitrogens with zero attached hydrogens (tertiary/aromatic N) is 2. The van der Waals surface area contributed by atoms with Crippen LogP contribution in [0.5, 0.6) is 0 Å². The van der Waals surface area contributed by atoms with Gasteiger partial charge in [0.15, 0.2) is 0 Å². The molecule has 4 heteroatoms. The Morgan fingerprint density at radius 3 is 0.983 bits per heavy atom. The van der Waals surface area contributed by atoms with Crippen LogP contribution in [0.1, 0.15) is 25.0 Å². The zero-order valence-electron chi connectivity index (χ0n) is 63.5. The number of fused-ring (bicyclic) bond motifs is 15. The predicted octanol–water partition coefficient (Wildman–Crippen LogP) is 30.7. The maximum absolute atomic E-state index is 6.61. The summed E-state index contributed by atoms with van der Waals surface area (Å²) in [6, 6.07) is 150. The number of para-hydroxylation sites is 6. The van der Waals surface area contributed by atoms with Crippen molar-refractivity contribution >= 4 is 87.5 Å². The summed E-state index contributed by atoms with van der Waals surface area (Å²) in [5, 5.41) is 9.46. The molecule has 540 valence electrons. The van der Waals surface area contributed by atoms with E-state index in [1.807, 2.05) is 12.1 Å². The molecular weight excluding hydrogens is 1390 g/mol. The molecule has 18 aromatic carbocycles. The molecule has 115 heavy (non-hydrogen) atoms. The molecule has 0 N–H and O–H groups in total. The van der Waals surface area contributed by atoms with Crippen molar-refractivity contribution in [2.75, 3.05) is 0 Å². The van der Waals surface area contributed by atoms with Gasteiger partial charge in [-0.25, -0.2) is 0 Å². The van der Waals surface area contributed by atoms with Crippen molar-refractivity contribution in [2.24, 2.45) is 0 Å². The Labute approximate surface area is 666 Å². The number of furan rings is 2. The molecule has 0 spiro atoms. The van der Waals surface area contributed by atoms with Gasteiger partial charge in [-0.1, -0.05) is 293 Å². The lowest BCUT2D eigenvalue weighted by atomic mass is 9.81. The maximum atomic E-state index is 6.61. The van der Waals surface area contributed by atoms with Crippen LogP contribution in [-0.2, 0) is 5.41 Å². The number of benzene rings is 18. The van der Waals surface area contributed by atoms with Gasteiger partial charge >= 0.3 is 0 Å². The van der Waals surface area contributed by atoms with Crippen molar-refractivity contribution in [1.82, 2.24) is 9.13 Å². The van der Waals surface area contributed by atoms with Crippen LogP contribution < -0.4 is 0 Å². The fourth-order valence-corrected chi connectivity index (χ4v) is 18.3. The highest BCUT2D eigenvalue weighted by molar-refractivity contribution is 6.15. The lowest BCUT2D eigenvalue weighted by Crippen LogP contribution is -2.14. The van der Waals surface area contributed by atoms with Crippen molar-refractivity contribution in [3.63, 3.8) is 0 Å². The highest BCUT2D eigenvalue weighted by atomic mass is 16.3. The molecule has 0 saturated carbocycles. The summed E-state index contributed by atoms with van der Waals surface area (Å²) in [6.45, 7) is 4.72. The van der Waals surface area contributed by atoms with E-state index in [0.29, 0.717) is 0 Å². The molecule has 4 aromatic heterocycles. The summed E-state index contributed by atoms with van der Waals surface area (Å²) in [5.41, 5.74) is 36.9. The van der Waals surface area contributed by atoms with Gasteiger partial charge in [0.05, 0.1) is 22.1 Å². The standard InChI is InChI=1S/C57H39NO.C54H35NO/c1-57(2)51-22-12-9-19-44(51)45-27-25-37(34-52(45)57)39-29-40(38-26-28-47-46-20-10-13-23-53(46)58(54(47)35-38)43-17-7-4-8-18-43)31-41(30-39)42-32-49(36-15-5-3-6-16-36)56-50(33-42)48-21-11-14-24-55(48)59-56;1-4-15-36(16-5-1)38-19-14-20-39(29-38)41-30-42(40-27-28-47-46-23-10-12-25-51(46)55(52(47)35-40)45-21-8-3-9-22-45)32-43(31-41)44-33-49(37-17-6-2-7-18-37)54-50(34-44)48-24-11-13-26-53(48)56-54/h3-35H,1-2H3;1-35H. The fourth-order valence-electron chi connectivity index (χ4n) is 18.3.